The van der Waals surface area contributed by atoms with Gasteiger partial charge in [0, 0.05) is 12.1 Å². The molecule has 1 atom stereocenters. The number of carbonyl (C=O) groups is 2. The Hall–Kier alpha value is -3.01. The van der Waals surface area contributed by atoms with Gasteiger partial charge in [-0.05, 0) is 31.7 Å². The van der Waals surface area contributed by atoms with Crippen molar-refractivity contribution in [2.45, 2.75) is 38.6 Å². The van der Waals surface area contributed by atoms with Gasteiger partial charge in [-0.3, -0.25) is 10.2 Å². The van der Waals surface area contributed by atoms with Gasteiger partial charge in [0.2, 0.25) is 0 Å². The van der Waals surface area contributed by atoms with Crippen LogP contribution in [0.5, 0.6) is 0 Å². The van der Waals surface area contributed by atoms with Crippen LogP contribution < -0.4 is 16.4 Å². The molecule has 0 saturated heterocycles. The number of nitrogen functional groups attached to an aromatic ring is 1. The number of hydrogen-bond acceptors (Lipinski definition) is 4. The summed E-state index contributed by atoms with van der Waals surface area (Å²) in [7, 11) is 0. The first-order valence-electron chi connectivity index (χ1n) is 8.55. The number of hydrogen-bond donors (Lipinski definition) is 4. The predicted molar refractivity (Wildman–Crippen MR) is 101 cm³/mol. The van der Waals surface area contributed by atoms with Crippen molar-refractivity contribution in [1.82, 2.24) is 10.6 Å². The molecule has 1 aromatic carbocycles. The van der Waals surface area contributed by atoms with E-state index in [1.165, 1.54) is 0 Å². The summed E-state index contributed by atoms with van der Waals surface area (Å²) in [6.07, 6.45) is 7.85. The predicted octanol–water partition coefficient (Wildman–Crippen LogP) is 1.55. The van der Waals surface area contributed by atoms with Crippen LogP contribution in [-0.2, 0) is 16.0 Å². The Morgan fingerprint density at radius 1 is 1.31 bits per heavy atom. The minimum Gasteiger partial charge on any atom is -0.466 e. The summed E-state index contributed by atoms with van der Waals surface area (Å²) in [5.41, 5.74) is 7.28. The Bertz CT molecular complexity index is 650. The molecule has 0 aliphatic heterocycles. The third-order valence-electron chi connectivity index (χ3n) is 3.63. The van der Waals surface area contributed by atoms with Crippen molar-refractivity contribution in [3.05, 3.63) is 35.4 Å². The smallest absolute Gasteiger partial charge is 0.315 e. The summed E-state index contributed by atoms with van der Waals surface area (Å²) < 4.78 is 4.81. The number of urea groups is 1. The molecule has 0 aromatic heterocycles. The second-order valence-electron chi connectivity index (χ2n) is 5.70. The Morgan fingerprint density at radius 2 is 2.00 bits per heavy atom. The van der Waals surface area contributed by atoms with Crippen LogP contribution in [0.25, 0.3) is 0 Å². The molecule has 2 amide bonds. The normalized spacial score (nSPS) is 11.1. The summed E-state index contributed by atoms with van der Waals surface area (Å²) in [6, 6.07) is 6.46. The van der Waals surface area contributed by atoms with E-state index in [0.29, 0.717) is 12.1 Å². The van der Waals surface area contributed by atoms with Crippen LogP contribution >= 0.6 is 0 Å². The SMILES string of the molecule is C#C[C@H](CC(=O)OCC)NC(=O)NCCCCc1ccc(C(=N)N)cc1. The zero-order valence-electron chi connectivity index (χ0n) is 15.0. The van der Waals surface area contributed by atoms with E-state index in [0.717, 1.165) is 24.8 Å². The number of amides is 2. The summed E-state index contributed by atoms with van der Waals surface area (Å²) in [5.74, 6) is 1.98. The second kappa shape index (κ2) is 11.5. The Balaban J connectivity index is 2.22. The van der Waals surface area contributed by atoms with Crippen molar-refractivity contribution in [2.24, 2.45) is 5.73 Å². The van der Waals surface area contributed by atoms with Crippen LogP contribution in [0.1, 0.15) is 37.3 Å². The van der Waals surface area contributed by atoms with Crippen molar-refractivity contribution in [2.75, 3.05) is 13.2 Å². The lowest BCUT2D eigenvalue weighted by Gasteiger charge is -2.13. The van der Waals surface area contributed by atoms with E-state index in [9.17, 15) is 9.59 Å². The largest absolute Gasteiger partial charge is 0.466 e. The van der Waals surface area contributed by atoms with Gasteiger partial charge < -0.3 is 21.1 Å². The van der Waals surface area contributed by atoms with Gasteiger partial charge in [0.05, 0.1) is 13.0 Å². The minimum atomic E-state index is -0.686. The summed E-state index contributed by atoms with van der Waals surface area (Å²) >= 11 is 0. The molecule has 26 heavy (non-hydrogen) atoms. The van der Waals surface area contributed by atoms with E-state index in [1.807, 2.05) is 24.3 Å². The highest BCUT2D eigenvalue weighted by atomic mass is 16.5. The molecule has 0 radical (unpaired) electrons. The van der Waals surface area contributed by atoms with Crippen LogP contribution in [0, 0.1) is 17.8 Å². The van der Waals surface area contributed by atoms with Crippen LogP contribution in [0.15, 0.2) is 24.3 Å². The molecule has 0 spiro atoms. The maximum absolute atomic E-state index is 11.8. The number of nitrogens with two attached hydrogens (primary N) is 1. The molecule has 0 fully saturated rings. The number of carbonyl (C=O) groups excluding carboxylic acids is 2. The highest BCUT2D eigenvalue weighted by molar-refractivity contribution is 5.94. The number of unbranched alkanes of at least 4 members (excludes halogenated alkanes) is 1. The van der Waals surface area contributed by atoms with Gasteiger partial charge in [-0.1, -0.05) is 30.2 Å². The lowest BCUT2D eigenvalue weighted by atomic mass is 10.1. The highest BCUT2D eigenvalue weighted by Gasteiger charge is 2.14. The number of ether oxygens (including phenoxy) is 1. The average molecular weight is 358 g/mol. The van der Waals surface area contributed by atoms with Gasteiger partial charge in [-0.25, -0.2) is 4.79 Å². The molecule has 1 aromatic rings. The minimum absolute atomic E-state index is 0.0476. The molecular formula is C19H26N4O3. The number of terminal acetylenes is 1. The first-order valence-corrected chi connectivity index (χ1v) is 8.55. The van der Waals surface area contributed by atoms with E-state index >= 15 is 0 Å². The second-order valence-corrected chi connectivity index (χ2v) is 5.70. The molecule has 1 rings (SSSR count). The third kappa shape index (κ3) is 8.20. The van der Waals surface area contributed by atoms with Crippen molar-refractivity contribution >= 4 is 17.8 Å². The zero-order chi connectivity index (χ0) is 19.4. The molecule has 0 aliphatic carbocycles. The van der Waals surface area contributed by atoms with Gasteiger partial charge in [-0.15, -0.1) is 6.42 Å². The van der Waals surface area contributed by atoms with Gasteiger partial charge in [-0.2, -0.15) is 0 Å². The maximum atomic E-state index is 11.8. The van der Waals surface area contributed by atoms with Crippen LogP contribution in [-0.4, -0.2) is 37.0 Å². The molecule has 0 saturated carbocycles. The van der Waals surface area contributed by atoms with Gasteiger partial charge >= 0.3 is 12.0 Å². The molecular weight excluding hydrogens is 332 g/mol. The lowest BCUT2D eigenvalue weighted by Crippen LogP contribution is -2.42. The van der Waals surface area contributed by atoms with E-state index in [2.05, 4.69) is 16.6 Å². The van der Waals surface area contributed by atoms with Gasteiger partial charge in [0.1, 0.15) is 11.9 Å². The van der Waals surface area contributed by atoms with Crippen LogP contribution in [0.3, 0.4) is 0 Å². The van der Waals surface area contributed by atoms with Crippen LogP contribution in [0.4, 0.5) is 4.79 Å². The van der Waals surface area contributed by atoms with E-state index in [1.54, 1.807) is 6.92 Å². The lowest BCUT2D eigenvalue weighted by molar-refractivity contribution is -0.143. The van der Waals surface area contributed by atoms with Crippen molar-refractivity contribution in [3.8, 4) is 12.3 Å². The molecule has 0 heterocycles. The fraction of sp³-hybridized carbons (Fsp3) is 0.421. The van der Waals surface area contributed by atoms with Gasteiger partial charge in [0.15, 0.2) is 0 Å². The fourth-order valence-corrected chi connectivity index (χ4v) is 2.25. The monoisotopic (exact) mass is 358 g/mol. The number of aryl methyl sites for hydroxylation is 1. The first kappa shape index (κ1) is 21.0. The van der Waals surface area contributed by atoms with Crippen molar-refractivity contribution < 1.29 is 14.3 Å². The number of rotatable bonds is 10. The molecule has 0 bridgehead atoms. The average Bonchev–Trinajstić information content (AvgIpc) is 2.61. The molecule has 140 valence electrons. The number of benzene rings is 1. The maximum Gasteiger partial charge on any atom is 0.315 e. The highest BCUT2D eigenvalue weighted by Crippen LogP contribution is 2.07. The molecule has 0 aliphatic rings. The van der Waals surface area contributed by atoms with Crippen LogP contribution in [0.2, 0.25) is 0 Å². The quantitative estimate of drug-likeness (QED) is 0.167. The number of amidine groups is 1. The van der Waals surface area contributed by atoms with E-state index < -0.39 is 18.0 Å². The molecule has 7 nitrogen and oxygen atoms in total. The van der Waals surface area contributed by atoms with Crippen molar-refractivity contribution in [1.29, 1.82) is 5.41 Å². The van der Waals surface area contributed by atoms with Gasteiger partial charge in [0.25, 0.3) is 0 Å². The Morgan fingerprint density at radius 3 is 2.58 bits per heavy atom. The third-order valence-corrected chi connectivity index (χ3v) is 3.63. The summed E-state index contributed by atoms with van der Waals surface area (Å²) in [4.78, 5) is 23.2. The standard InChI is InChI=1S/C19H26N4O3/c1-3-16(13-17(24)26-4-2)23-19(25)22-12-6-5-7-14-8-10-15(11-9-14)18(20)21/h1,8-11,16H,4-7,12-13H2,2H3,(H3,20,21)(H2,22,23,25)/t16-/m1/s1. The van der Waals surface area contributed by atoms with Crippen molar-refractivity contribution in [3.63, 3.8) is 0 Å². The molecule has 5 N–H and O–H groups in total. The van der Waals surface area contributed by atoms with E-state index in [-0.39, 0.29) is 18.9 Å². The summed E-state index contributed by atoms with van der Waals surface area (Å²) in [5, 5.41) is 12.6. The summed E-state index contributed by atoms with van der Waals surface area (Å²) in [6.45, 7) is 2.49. The van der Waals surface area contributed by atoms with E-state index in [4.69, 9.17) is 22.3 Å². The first-order chi connectivity index (χ1) is 12.5. The topological polar surface area (TPSA) is 117 Å². The fourth-order valence-electron chi connectivity index (χ4n) is 2.25. The Kier molecular flexibility index (Phi) is 9.33. The molecule has 0 unspecified atom stereocenters. The number of nitrogens with one attached hydrogen (secondary N) is 3. The number of esters is 1. The molecule has 7 heteroatoms. The zero-order valence-corrected chi connectivity index (χ0v) is 15.0. The Labute approximate surface area is 154 Å².